The van der Waals surface area contributed by atoms with Crippen LogP contribution in [-0.2, 0) is 0 Å². The lowest BCUT2D eigenvalue weighted by Crippen LogP contribution is -2.41. The van der Waals surface area contributed by atoms with E-state index in [0.29, 0.717) is 23.6 Å². The van der Waals surface area contributed by atoms with Gasteiger partial charge in [-0.15, -0.1) is 0 Å². The minimum absolute atomic E-state index is 0.0782. The molecule has 1 aliphatic carbocycles. The van der Waals surface area contributed by atoms with Gasteiger partial charge in [-0.05, 0) is 80.4 Å². The molecule has 5 rings (SSSR count). The third-order valence-corrected chi connectivity index (χ3v) is 6.81. The van der Waals surface area contributed by atoms with E-state index < -0.39 is 0 Å². The molecule has 1 saturated carbocycles. The number of benzene rings is 3. The Morgan fingerprint density at radius 3 is 2.19 bits per heavy atom. The Morgan fingerprint density at radius 2 is 1.50 bits per heavy atom. The van der Waals surface area contributed by atoms with Crippen LogP contribution in [0.5, 0.6) is 0 Å². The number of nitrogens with zero attached hydrogens (tertiary/aromatic N) is 1. The Morgan fingerprint density at radius 1 is 0.844 bits per heavy atom. The smallest absolute Gasteiger partial charge is 0.255 e. The monoisotopic (exact) mass is 425 g/mol. The zero-order valence-electron chi connectivity index (χ0n) is 18.6. The average molecular weight is 426 g/mol. The summed E-state index contributed by atoms with van der Waals surface area (Å²) in [7, 11) is 2.20. The highest BCUT2D eigenvalue weighted by atomic mass is 16.1. The maximum atomic E-state index is 12.7. The fourth-order valence-corrected chi connectivity index (χ4v) is 4.69. The topological polar surface area (TPSA) is 44.4 Å². The van der Waals surface area contributed by atoms with Crippen molar-refractivity contribution in [1.29, 1.82) is 0 Å². The van der Waals surface area contributed by atoms with E-state index in [1.165, 1.54) is 37.9 Å². The molecule has 1 heterocycles. The normalized spacial score (nSPS) is 21.3. The molecule has 1 amide bonds. The maximum absolute atomic E-state index is 12.7. The summed E-state index contributed by atoms with van der Waals surface area (Å²) in [5, 5.41) is 6.88. The van der Waals surface area contributed by atoms with Gasteiger partial charge in [0.05, 0.1) is 0 Å². The van der Waals surface area contributed by atoms with Gasteiger partial charge in [0.1, 0.15) is 0 Å². The second-order valence-corrected chi connectivity index (χ2v) is 9.21. The summed E-state index contributed by atoms with van der Waals surface area (Å²) in [5.74, 6) is 0.524. The molecule has 164 valence electrons. The van der Waals surface area contributed by atoms with Crippen molar-refractivity contribution in [2.75, 3.05) is 25.5 Å². The summed E-state index contributed by atoms with van der Waals surface area (Å²) in [6.45, 7) is 2.39. The zero-order valence-corrected chi connectivity index (χ0v) is 18.6. The molecule has 0 bridgehead atoms. The Labute approximate surface area is 190 Å². The van der Waals surface area contributed by atoms with Gasteiger partial charge in [0.15, 0.2) is 0 Å². The first-order valence-corrected chi connectivity index (χ1v) is 11.7. The number of nitrogens with one attached hydrogen (secondary N) is 2. The van der Waals surface area contributed by atoms with Gasteiger partial charge in [-0.2, -0.15) is 0 Å². The molecule has 3 aromatic rings. The van der Waals surface area contributed by atoms with Gasteiger partial charge in [-0.3, -0.25) is 4.79 Å². The predicted octanol–water partition coefficient (Wildman–Crippen LogP) is 5.15. The van der Waals surface area contributed by atoms with Gasteiger partial charge >= 0.3 is 0 Å². The Kier molecular flexibility index (Phi) is 6.06. The number of likely N-dealkylation sites (tertiary alicyclic amines) is 1. The number of anilines is 1. The van der Waals surface area contributed by atoms with Crippen LogP contribution in [0.25, 0.3) is 11.1 Å². The van der Waals surface area contributed by atoms with Crippen LogP contribution in [0.1, 0.15) is 41.1 Å². The summed E-state index contributed by atoms with van der Waals surface area (Å²) >= 11 is 0. The zero-order chi connectivity index (χ0) is 21.9. The molecule has 0 aromatic heterocycles. The largest absolute Gasteiger partial charge is 0.322 e. The molecule has 2 atom stereocenters. The van der Waals surface area contributed by atoms with Crippen molar-refractivity contribution in [2.45, 2.75) is 37.3 Å². The third kappa shape index (κ3) is 4.93. The molecule has 0 radical (unpaired) electrons. The predicted molar refractivity (Wildman–Crippen MR) is 131 cm³/mol. The molecule has 0 spiro atoms. The van der Waals surface area contributed by atoms with Crippen LogP contribution in [-0.4, -0.2) is 43.0 Å². The summed E-state index contributed by atoms with van der Waals surface area (Å²) in [4.78, 5) is 15.1. The maximum Gasteiger partial charge on any atom is 0.255 e. The van der Waals surface area contributed by atoms with E-state index in [2.05, 4.69) is 46.8 Å². The molecule has 4 heteroatoms. The number of rotatable bonds is 6. The number of piperidine rings is 1. The first-order valence-electron chi connectivity index (χ1n) is 11.7. The van der Waals surface area contributed by atoms with Crippen molar-refractivity contribution in [3.63, 3.8) is 0 Å². The van der Waals surface area contributed by atoms with Crippen LogP contribution in [0.2, 0.25) is 0 Å². The molecular formula is C28H31N3O. The van der Waals surface area contributed by atoms with Crippen LogP contribution >= 0.6 is 0 Å². The van der Waals surface area contributed by atoms with Gasteiger partial charge in [-0.1, -0.05) is 54.6 Å². The fourth-order valence-electron chi connectivity index (χ4n) is 4.69. The quantitative estimate of drug-likeness (QED) is 0.574. The number of hydrogen-bond donors (Lipinski definition) is 2. The molecule has 2 N–H and O–H groups in total. The standard InChI is InChI=1S/C28H31N3O/c1-31-17-15-25(16-18-31)29-27-19-26(27)22-11-13-24(14-12-22)30-28(32)23-9-7-21(8-10-23)20-5-3-2-4-6-20/h2-14,25-27,29H,15-19H2,1H3,(H,30,32). The SMILES string of the molecule is CN1CCC(NC2CC2c2ccc(NC(=O)c3ccc(-c4ccccc4)cc3)cc2)CC1. The Bertz CT molecular complexity index is 1040. The second-order valence-electron chi connectivity index (χ2n) is 9.21. The molecule has 1 aliphatic heterocycles. The van der Waals surface area contributed by atoms with Gasteiger partial charge in [0, 0.05) is 29.3 Å². The molecule has 2 fully saturated rings. The second kappa shape index (κ2) is 9.27. The van der Waals surface area contributed by atoms with Crippen LogP contribution in [0, 0.1) is 0 Å². The highest BCUT2D eigenvalue weighted by Gasteiger charge is 2.39. The number of carbonyl (C=O) groups is 1. The highest BCUT2D eigenvalue weighted by Crippen LogP contribution is 2.41. The molecule has 32 heavy (non-hydrogen) atoms. The average Bonchev–Trinajstić information content (AvgIpc) is 3.61. The molecule has 2 aliphatic rings. The third-order valence-electron chi connectivity index (χ3n) is 6.81. The van der Waals surface area contributed by atoms with E-state index in [9.17, 15) is 4.79 Å². The van der Waals surface area contributed by atoms with Crippen molar-refractivity contribution in [2.24, 2.45) is 0 Å². The van der Waals surface area contributed by atoms with Crippen molar-refractivity contribution >= 4 is 11.6 Å². The number of hydrogen-bond acceptors (Lipinski definition) is 3. The molecular weight excluding hydrogens is 394 g/mol. The molecule has 2 unspecified atom stereocenters. The van der Waals surface area contributed by atoms with E-state index in [4.69, 9.17) is 0 Å². The van der Waals surface area contributed by atoms with Crippen LogP contribution in [0.4, 0.5) is 5.69 Å². The van der Waals surface area contributed by atoms with Crippen molar-refractivity contribution in [1.82, 2.24) is 10.2 Å². The van der Waals surface area contributed by atoms with E-state index in [1.807, 2.05) is 54.6 Å². The Hall–Kier alpha value is -2.95. The van der Waals surface area contributed by atoms with Crippen molar-refractivity contribution in [3.8, 4) is 11.1 Å². The van der Waals surface area contributed by atoms with Gasteiger partial charge in [-0.25, -0.2) is 0 Å². The molecule has 1 saturated heterocycles. The first-order chi connectivity index (χ1) is 15.7. The lowest BCUT2D eigenvalue weighted by molar-refractivity contribution is 0.102. The van der Waals surface area contributed by atoms with E-state index >= 15 is 0 Å². The minimum Gasteiger partial charge on any atom is -0.322 e. The fraction of sp³-hybridized carbons (Fsp3) is 0.321. The van der Waals surface area contributed by atoms with E-state index in [-0.39, 0.29) is 5.91 Å². The summed E-state index contributed by atoms with van der Waals surface area (Å²) in [5.41, 5.74) is 5.13. The van der Waals surface area contributed by atoms with Crippen LogP contribution in [0.15, 0.2) is 78.9 Å². The summed E-state index contributed by atoms with van der Waals surface area (Å²) in [6.07, 6.45) is 3.71. The van der Waals surface area contributed by atoms with Crippen LogP contribution < -0.4 is 10.6 Å². The lowest BCUT2D eigenvalue weighted by Gasteiger charge is -2.29. The number of carbonyl (C=O) groups excluding carboxylic acids is 1. The number of amides is 1. The lowest BCUT2D eigenvalue weighted by atomic mass is 10.0. The summed E-state index contributed by atoms with van der Waals surface area (Å²) < 4.78 is 0. The molecule has 3 aromatic carbocycles. The van der Waals surface area contributed by atoms with E-state index in [1.54, 1.807) is 0 Å². The van der Waals surface area contributed by atoms with Gasteiger partial charge < -0.3 is 15.5 Å². The van der Waals surface area contributed by atoms with Crippen LogP contribution in [0.3, 0.4) is 0 Å². The molecule has 4 nitrogen and oxygen atoms in total. The van der Waals surface area contributed by atoms with Gasteiger partial charge in [0.2, 0.25) is 0 Å². The summed E-state index contributed by atoms with van der Waals surface area (Å²) in [6, 6.07) is 27.6. The first kappa shape index (κ1) is 20.9. The highest BCUT2D eigenvalue weighted by molar-refractivity contribution is 6.04. The minimum atomic E-state index is -0.0782. The van der Waals surface area contributed by atoms with Crippen molar-refractivity contribution < 1.29 is 4.79 Å². The van der Waals surface area contributed by atoms with Gasteiger partial charge in [0.25, 0.3) is 5.91 Å². The van der Waals surface area contributed by atoms with Crippen molar-refractivity contribution in [3.05, 3.63) is 90.0 Å². The Balaban J connectivity index is 1.14. The van der Waals surface area contributed by atoms with E-state index in [0.717, 1.165) is 16.8 Å².